The lowest BCUT2D eigenvalue weighted by molar-refractivity contribution is -0.140. The molecule has 1 saturated carbocycles. The molecule has 2 rings (SSSR count). The molecule has 108 valence electrons. The van der Waals surface area contributed by atoms with Crippen molar-refractivity contribution in [2.75, 3.05) is 20.2 Å². The Kier molecular flexibility index (Phi) is 4.76. The SMILES string of the molecule is COC(CN)CC(=O)N1CCCC1C(=O)NC1CC1. The third-order valence-corrected chi connectivity index (χ3v) is 3.80. The zero-order valence-corrected chi connectivity index (χ0v) is 11.4. The molecular formula is C13H23N3O3. The zero-order chi connectivity index (χ0) is 13.8. The van der Waals surface area contributed by atoms with E-state index in [0.29, 0.717) is 19.1 Å². The number of hydrogen-bond donors (Lipinski definition) is 2. The fourth-order valence-corrected chi connectivity index (χ4v) is 2.44. The van der Waals surface area contributed by atoms with Gasteiger partial charge in [-0.05, 0) is 25.7 Å². The van der Waals surface area contributed by atoms with Crippen molar-refractivity contribution in [2.45, 2.75) is 50.3 Å². The molecule has 19 heavy (non-hydrogen) atoms. The number of methoxy groups -OCH3 is 1. The minimum absolute atomic E-state index is 0.00457. The molecule has 0 aromatic rings. The molecule has 0 aromatic heterocycles. The topological polar surface area (TPSA) is 84.7 Å². The van der Waals surface area contributed by atoms with Crippen LogP contribution >= 0.6 is 0 Å². The summed E-state index contributed by atoms with van der Waals surface area (Å²) in [6, 6.07) is 0.0317. The van der Waals surface area contributed by atoms with Crippen molar-refractivity contribution in [3.8, 4) is 0 Å². The average molecular weight is 269 g/mol. The van der Waals surface area contributed by atoms with E-state index in [1.165, 1.54) is 0 Å². The van der Waals surface area contributed by atoms with E-state index in [9.17, 15) is 9.59 Å². The summed E-state index contributed by atoms with van der Waals surface area (Å²) < 4.78 is 5.13. The van der Waals surface area contributed by atoms with Gasteiger partial charge in [-0.2, -0.15) is 0 Å². The summed E-state index contributed by atoms with van der Waals surface area (Å²) >= 11 is 0. The summed E-state index contributed by atoms with van der Waals surface area (Å²) in [5.74, 6) is -0.0409. The minimum Gasteiger partial charge on any atom is -0.380 e. The van der Waals surface area contributed by atoms with Gasteiger partial charge in [0, 0.05) is 26.2 Å². The maximum absolute atomic E-state index is 12.2. The quantitative estimate of drug-likeness (QED) is 0.688. The Balaban J connectivity index is 1.89. The largest absolute Gasteiger partial charge is 0.380 e. The molecule has 2 atom stereocenters. The van der Waals surface area contributed by atoms with Crippen LogP contribution in [0.4, 0.5) is 0 Å². The normalized spacial score (nSPS) is 24.3. The van der Waals surface area contributed by atoms with Crippen LogP contribution < -0.4 is 11.1 Å². The number of nitrogens with zero attached hydrogens (tertiary/aromatic N) is 1. The lowest BCUT2D eigenvalue weighted by atomic mass is 10.1. The van der Waals surface area contributed by atoms with E-state index in [1.54, 1.807) is 12.0 Å². The summed E-state index contributed by atoms with van der Waals surface area (Å²) in [5, 5.41) is 2.97. The van der Waals surface area contributed by atoms with Crippen LogP contribution in [0.1, 0.15) is 32.1 Å². The predicted octanol–water partition coefficient (Wildman–Crippen LogP) is -0.380. The standard InChI is InChI=1S/C13H23N3O3/c1-19-10(8-14)7-12(17)16-6-2-3-11(16)13(18)15-9-4-5-9/h9-11H,2-8,14H2,1H3,(H,15,18). The third kappa shape index (κ3) is 3.67. The van der Waals surface area contributed by atoms with Crippen molar-refractivity contribution in [3.63, 3.8) is 0 Å². The molecule has 6 heteroatoms. The van der Waals surface area contributed by atoms with Gasteiger partial charge in [-0.25, -0.2) is 0 Å². The molecule has 1 saturated heterocycles. The van der Waals surface area contributed by atoms with Crippen LogP contribution in [0.3, 0.4) is 0 Å². The van der Waals surface area contributed by atoms with Crippen LogP contribution in [-0.4, -0.2) is 55.1 Å². The first-order chi connectivity index (χ1) is 9.15. The van der Waals surface area contributed by atoms with Gasteiger partial charge in [0.05, 0.1) is 12.5 Å². The van der Waals surface area contributed by atoms with E-state index in [-0.39, 0.29) is 30.4 Å². The van der Waals surface area contributed by atoms with Crippen molar-refractivity contribution in [2.24, 2.45) is 5.73 Å². The smallest absolute Gasteiger partial charge is 0.243 e. The number of nitrogens with one attached hydrogen (secondary N) is 1. The van der Waals surface area contributed by atoms with E-state index in [1.807, 2.05) is 0 Å². The van der Waals surface area contributed by atoms with Crippen molar-refractivity contribution in [1.29, 1.82) is 0 Å². The number of rotatable bonds is 6. The molecule has 6 nitrogen and oxygen atoms in total. The fourth-order valence-electron chi connectivity index (χ4n) is 2.44. The van der Waals surface area contributed by atoms with E-state index in [4.69, 9.17) is 10.5 Å². The first kappa shape index (κ1) is 14.3. The van der Waals surface area contributed by atoms with Crippen LogP contribution in [0.15, 0.2) is 0 Å². The Morgan fingerprint density at radius 1 is 1.42 bits per heavy atom. The highest BCUT2D eigenvalue weighted by Crippen LogP contribution is 2.23. The van der Waals surface area contributed by atoms with Gasteiger partial charge in [0.1, 0.15) is 6.04 Å². The van der Waals surface area contributed by atoms with Crippen molar-refractivity contribution >= 4 is 11.8 Å². The summed E-state index contributed by atoms with van der Waals surface area (Å²) in [5.41, 5.74) is 5.52. The molecule has 0 spiro atoms. The Morgan fingerprint density at radius 2 is 2.16 bits per heavy atom. The Bertz CT molecular complexity index is 340. The van der Waals surface area contributed by atoms with Gasteiger partial charge in [0.25, 0.3) is 0 Å². The van der Waals surface area contributed by atoms with Gasteiger partial charge < -0.3 is 20.7 Å². The predicted molar refractivity (Wildman–Crippen MR) is 70.4 cm³/mol. The summed E-state index contributed by atoms with van der Waals surface area (Å²) in [6.07, 6.45) is 3.75. The first-order valence-corrected chi connectivity index (χ1v) is 6.98. The number of carbonyl (C=O) groups excluding carboxylic acids is 2. The monoisotopic (exact) mass is 269 g/mol. The molecular weight excluding hydrogens is 246 g/mol. The minimum atomic E-state index is -0.302. The van der Waals surface area contributed by atoms with Gasteiger partial charge >= 0.3 is 0 Å². The van der Waals surface area contributed by atoms with Gasteiger partial charge in [0.15, 0.2) is 0 Å². The van der Waals surface area contributed by atoms with E-state index in [2.05, 4.69) is 5.32 Å². The lowest BCUT2D eigenvalue weighted by Crippen LogP contribution is -2.47. The third-order valence-electron chi connectivity index (χ3n) is 3.80. The fraction of sp³-hybridized carbons (Fsp3) is 0.846. The molecule has 3 N–H and O–H groups in total. The highest BCUT2D eigenvalue weighted by Gasteiger charge is 2.36. The molecule has 2 amide bonds. The molecule has 0 radical (unpaired) electrons. The number of nitrogens with two attached hydrogens (primary N) is 1. The van der Waals surface area contributed by atoms with Gasteiger partial charge in [-0.15, -0.1) is 0 Å². The van der Waals surface area contributed by atoms with Crippen LogP contribution in [0.25, 0.3) is 0 Å². The Labute approximate surface area is 113 Å². The van der Waals surface area contributed by atoms with E-state index >= 15 is 0 Å². The van der Waals surface area contributed by atoms with Crippen LogP contribution in [-0.2, 0) is 14.3 Å². The maximum atomic E-state index is 12.2. The summed E-state index contributed by atoms with van der Waals surface area (Å²) in [6.45, 7) is 0.970. The maximum Gasteiger partial charge on any atom is 0.243 e. The number of amides is 2. The van der Waals surface area contributed by atoms with Crippen LogP contribution in [0.2, 0.25) is 0 Å². The zero-order valence-electron chi connectivity index (χ0n) is 11.4. The first-order valence-electron chi connectivity index (χ1n) is 6.98. The Hall–Kier alpha value is -1.14. The average Bonchev–Trinajstić information content (AvgIpc) is 3.08. The van der Waals surface area contributed by atoms with Gasteiger partial charge in [-0.3, -0.25) is 9.59 Å². The molecule has 2 unspecified atom stereocenters. The summed E-state index contributed by atoms with van der Waals surface area (Å²) in [4.78, 5) is 26.0. The van der Waals surface area contributed by atoms with Gasteiger partial charge in [-0.1, -0.05) is 0 Å². The van der Waals surface area contributed by atoms with Crippen molar-refractivity contribution < 1.29 is 14.3 Å². The second-order valence-electron chi connectivity index (χ2n) is 5.33. The molecule has 1 aliphatic carbocycles. The second kappa shape index (κ2) is 6.34. The highest BCUT2D eigenvalue weighted by molar-refractivity contribution is 5.88. The molecule has 0 bridgehead atoms. The molecule has 1 aliphatic heterocycles. The lowest BCUT2D eigenvalue weighted by Gasteiger charge is -2.25. The van der Waals surface area contributed by atoms with Crippen LogP contribution in [0.5, 0.6) is 0 Å². The van der Waals surface area contributed by atoms with Gasteiger partial charge in [0.2, 0.25) is 11.8 Å². The number of likely N-dealkylation sites (tertiary alicyclic amines) is 1. The Morgan fingerprint density at radius 3 is 2.74 bits per heavy atom. The van der Waals surface area contributed by atoms with E-state index < -0.39 is 0 Å². The van der Waals surface area contributed by atoms with Crippen molar-refractivity contribution in [3.05, 3.63) is 0 Å². The molecule has 1 heterocycles. The highest BCUT2D eigenvalue weighted by atomic mass is 16.5. The number of carbonyl (C=O) groups is 2. The molecule has 2 fully saturated rings. The molecule has 0 aromatic carbocycles. The number of ether oxygens (including phenoxy) is 1. The number of hydrogen-bond acceptors (Lipinski definition) is 4. The molecule has 2 aliphatic rings. The van der Waals surface area contributed by atoms with Crippen molar-refractivity contribution in [1.82, 2.24) is 10.2 Å². The van der Waals surface area contributed by atoms with Crippen LogP contribution in [0, 0.1) is 0 Å². The second-order valence-corrected chi connectivity index (χ2v) is 5.33. The summed E-state index contributed by atoms with van der Waals surface area (Å²) in [7, 11) is 1.55. The van der Waals surface area contributed by atoms with E-state index in [0.717, 1.165) is 25.7 Å².